The molecule has 0 aromatic heterocycles. The van der Waals surface area contributed by atoms with E-state index in [9.17, 15) is 30.6 Å². The molecular formula is C25H32O10. The number of aliphatic hydroxyl groups is 5. The van der Waals surface area contributed by atoms with Crippen LogP contribution in [0.15, 0.2) is 36.4 Å². The monoisotopic (exact) mass is 492 g/mol. The second-order valence-corrected chi connectivity index (χ2v) is 8.81. The van der Waals surface area contributed by atoms with Crippen molar-refractivity contribution >= 4 is 0 Å². The summed E-state index contributed by atoms with van der Waals surface area (Å²) < 4.78 is 22.9. The lowest BCUT2D eigenvalue weighted by molar-refractivity contribution is -0.302. The first-order chi connectivity index (χ1) is 16.9. The fraction of sp³-hybridized carbons (Fsp3) is 0.520. The van der Waals surface area contributed by atoms with E-state index >= 15 is 0 Å². The van der Waals surface area contributed by atoms with E-state index in [-0.39, 0.29) is 24.9 Å². The molecule has 0 amide bonds. The number of aliphatic hydroxyl groups excluding tert-OH is 5. The lowest BCUT2D eigenvalue weighted by atomic mass is 9.90. The van der Waals surface area contributed by atoms with Gasteiger partial charge < -0.3 is 49.6 Å². The molecule has 0 bridgehead atoms. The Balaban J connectivity index is 1.61. The number of aryl methyl sites for hydroxylation is 1. The zero-order chi connectivity index (χ0) is 25.1. The van der Waals surface area contributed by atoms with Crippen molar-refractivity contribution in [2.75, 3.05) is 26.9 Å². The number of rotatable bonds is 9. The van der Waals surface area contributed by atoms with E-state index in [0.29, 0.717) is 24.3 Å². The highest BCUT2D eigenvalue weighted by Gasteiger charge is 2.45. The van der Waals surface area contributed by atoms with E-state index in [1.54, 1.807) is 12.1 Å². The van der Waals surface area contributed by atoms with Crippen LogP contribution >= 0.6 is 0 Å². The van der Waals surface area contributed by atoms with E-state index in [4.69, 9.17) is 18.9 Å². The van der Waals surface area contributed by atoms with Gasteiger partial charge in [0, 0.05) is 12.2 Å². The Kier molecular flexibility index (Phi) is 8.12. The van der Waals surface area contributed by atoms with Gasteiger partial charge in [0.15, 0.2) is 17.8 Å². The lowest BCUT2D eigenvalue weighted by Crippen LogP contribution is -2.59. The molecule has 10 nitrogen and oxygen atoms in total. The van der Waals surface area contributed by atoms with Gasteiger partial charge in [0.2, 0.25) is 0 Å². The van der Waals surface area contributed by atoms with Gasteiger partial charge in [-0.15, -0.1) is 0 Å². The Morgan fingerprint density at radius 3 is 2.49 bits per heavy atom. The summed E-state index contributed by atoms with van der Waals surface area (Å²) in [6, 6.07) is 10.7. The molecule has 0 unspecified atom stereocenters. The smallest absolute Gasteiger partial charge is 0.186 e. The average molecular weight is 493 g/mol. The molecule has 0 aliphatic carbocycles. The summed E-state index contributed by atoms with van der Waals surface area (Å²) in [6.07, 6.45) is -6.10. The Hall–Kier alpha value is -2.44. The van der Waals surface area contributed by atoms with Crippen LogP contribution in [0.25, 0.3) is 0 Å². The van der Waals surface area contributed by atoms with Gasteiger partial charge in [0.25, 0.3) is 0 Å². The molecule has 1 saturated heterocycles. The molecule has 0 spiro atoms. The maximum atomic E-state index is 10.4. The first-order valence-corrected chi connectivity index (χ1v) is 11.6. The highest BCUT2D eigenvalue weighted by molar-refractivity contribution is 5.49. The van der Waals surface area contributed by atoms with E-state index in [1.165, 1.54) is 13.2 Å². The van der Waals surface area contributed by atoms with Gasteiger partial charge in [-0.05, 0) is 42.2 Å². The summed E-state index contributed by atoms with van der Waals surface area (Å²) in [7, 11) is 1.45. The SMILES string of the molecule is COc1cc([C@H]2Oc3ccc(CCCO)cc3[C@@H]2CO[C@@H]2O[C@H](CO)[C@@H](O)[C@H](O)[C@H]2O)ccc1O. The summed E-state index contributed by atoms with van der Waals surface area (Å²) in [4.78, 5) is 0. The van der Waals surface area contributed by atoms with Gasteiger partial charge in [-0.2, -0.15) is 0 Å². The molecule has 6 N–H and O–H groups in total. The highest BCUT2D eigenvalue weighted by atomic mass is 16.7. The van der Waals surface area contributed by atoms with Crippen LogP contribution in [0.5, 0.6) is 17.2 Å². The number of fused-ring (bicyclic) bond motifs is 1. The molecule has 0 saturated carbocycles. The maximum absolute atomic E-state index is 10.4. The molecule has 2 aliphatic rings. The molecule has 0 radical (unpaired) electrons. The highest BCUT2D eigenvalue weighted by Crippen LogP contribution is 2.48. The summed E-state index contributed by atoms with van der Waals surface area (Å²) in [5, 5.41) is 59.2. The topological polar surface area (TPSA) is 158 Å². The molecule has 2 aromatic carbocycles. The second-order valence-electron chi connectivity index (χ2n) is 8.81. The Morgan fingerprint density at radius 1 is 0.971 bits per heavy atom. The van der Waals surface area contributed by atoms with Crippen molar-refractivity contribution in [1.82, 2.24) is 0 Å². The minimum atomic E-state index is -1.54. The van der Waals surface area contributed by atoms with E-state index in [1.807, 2.05) is 18.2 Å². The maximum Gasteiger partial charge on any atom is 0.186 e. The molecule has 35 heavy (non-hydrogen) atoms. The van der Waals surface area contributed by atoms with Crippen molar-refractivity contribution in [2.45, 2.75) is 55.6 Å². The molecule has 1 fully saturated rings. The molecule has 192 valence electrons. The summed E-state index contributed by atoms with van der Waals surface area (Å²) in [5.41, 5.74) is 2.61. The van der Waals surface area contributed by atoms with Crippen molar-refractivity contribution in [3.8, 4) is 17.2 Å². The summed E-state index contributed by atoms with van der Waals surface area (Å²) >= 11 is 0. The third-order valence-corrected chi connectivity index (χ3v) is 6.54. The molecule has 7 atom stereocenters. The van der Waals surface area contributed by atoms with Crippen LogP contribution in [-0.2, 0) is 15.9 Å². The van der Waals surface area contributed by atoms with E-state index < -0.39 is 43.4 Å². The van der Waals surface area contributed by atoms with Gasteiger partial charge in [-0.25, -0.2) is 0 Å². The molecule has 2 aliphatic heterocycles. The fourth-order valence-corrected chi connectivity index (χ4v) is 4.57. The first kappa shape index (κ1) is 25.6. The standard InChI is InChI=1S/C25H32O10/c1-32-19-10-14(5-6-17(19)28)24-16(15-9-13(3-2-8-26)4-7-18(15)34-24)12-33-25-23(31)22(30)21(29)20(11-27)35-25/h4-7,9-10,16,20-31H,2-3,8,11-12H2,1H3/t16-,20+,21+,22-,23+,24+,25+/m0/s1. The van der Waals surface area contributed by atoms with Crippen molar-refractivity contribution in [1.29, 1.82) is 0 Å². The van der Waals surface area contributed by atoms with Crippen LogP contribution in [0.3, 0.4) is 0 Å². The minimum absolute atomic E-state index is 0.00725. The van der Waals surface area contributed by atoms with Gasteiger partial charge in [-0.3, -0.25) is 0 Å². The van der Waals surface area contributed by atoms with Crippen LogP contribution in [0.1, 0.15) is 35.1 Å². The molecule has 4 rings (SSSR count). The number of aromatic hydroxyl groups is 1. The van der Waals surface area contributed by atoms with Crippen LogP contribution < -0.4 is 9.47 Å². The van der Waals surface area contributed by atoms with Gasteiger partial charge >= 0.3 is 0 Å². The Morgan fingerprint density at radius 2 is 1.77 bits per heavy atom. The Bertz CT molecular complexity index is 996. The number of phenolic OH excluding ortho intramolecular Hbond substituents is 1. The third-order valence-electron chi connectivity index (χ3n) is 6.54. The zero-order valence-electron chi connectivity index (χ0n) is 19.4. The molecule has 2 aromatic rings. The van der Waals surface area contributed by atoms with Crippen molar-refractivity contribution in [2.24, 2.45) is 0 Å². The predicted molar refractivity (Wildman–Crippen MR) is 122 cm³/mol. The zero-order valence-corrected chi connectivity index (χ0v) is 19.4. The average Bonchev–Trinajstić information content (AvgIpc) is 3.23. The van der Waals surface area contributed by atoms with Gasteiger partial charge in [0.1, 0.15) is 36.3 Å². The molecular weight excluding hydrogens is 460 g/mol. The van der Waals surface area contributed by atoms with Crippen molar-refractivity contribution < 1.29 is 49.6 Å². The molecule has 10 heteroatoms. The Labute approximate surface area is 202 Å². The largest absolute Gasteiger partial charge is 0.504 e. The quantitative estimate of drug-likeness (QED) is 0.289. The van der Waals surface area contributed by atoms with E-state index in [2.05, 4.69) is 0 Å². The number of hydrogen-bond acceptors (Lipinski definition) is 10. The van der Waals surface area contributed by atoms with Gasteiger partial charge in [-0.1, -0.05) is 18.2 Å². The van der Waals surface area contributed by atoms with Crippen molar-refractivity contribution in [3.63, 3.8) is 0 Å². The third kappa shape index (κ3) is 5.24. The second kappa shape index (κ2) is 11.1. The first-order valence-electron chi connectivity index (χ1n) is 11.6. The van der Waals surface area contributed by atoms with Crippen LogP contribution in [-0.4, -0.2) is 88.3 Å². The van der Waals surface area contributed by atoms with E-state index in [0.717, 1.165) is 16.7 Å². The van der Waals surface area contributed by atoms with Crippen LogP contribution in [0, 0.1) is 0 Å². The number of methoxy groups -OCH3 is 1. The summed E-state index contributed by atoms with van der Waals surface area (Å²) in [6.45, 7) is -0.454. The normalized spacial score (nSPS) is 30.1. The fourth-order valence-electron chi connectivity index (χ4n) is 4.57. The van der Waals surface area contributed by atoms with Crippen LogP contribution in [0.2, 0.25) is 0 Å². The number of ether oxygens (including phenoxy) is 4. The lowest BCUT2D eigenvalue weighted by Gasteiger charge is -2.40. The minimum Gasteiger partial charge on any atom is -0.504 e. The predicted octanol–water partition coefficient (Wildman–Crippen LogP) is 0.359. The van der Waals surface area contributed by atoms with Crippen molar-refractivity contribution in [3.05, 3.63) is 53.1 Å². The number of phenols is 1. The van der Waals surface area contributed by atoms with Gasteiger partial charge in [0.05, 0.1) is 26.2 Å². The number of benzene rings is 2. The summed E-state index contributed by atoms with van der Waals surface area (Å²) in [5.74, 6) is 0.573. The van der Waals surface area contributed by atoms with Crippen LogP contribution in [0.4, 0.5) is 0 Å². The number of hydrogen-bond donors (Lipinski definition) is 6. The molecule has 2 heterocycles.